The molecule has 30 heavy (non-hydrogen) atoms. The smallest absolute Gasteiger partial charge is 0.322 e. The first-order valence-electron chi connectivity index (χ1n) is 10.3. The second-order valence-corrected chi connectivity index (χ2v) is 7.92. The summed E-state index contributed by atoms with van der Waals surface area (Å²) in [6.07, 6.45) is 3.83. The van der Waals surface area contributed by atoms with E-state index in [0.717, 1.165) is 47.4 Å². The number of nitroso groups, excluding NO2 is 1. The predicted molar refractivity (Wildman–Crippen MR) is 115 cm³/mol. The summed E-state index contributed by atoms with van der Waals surface area (Å²) in [5.41, 5.74) is 3.21. The van der Waals surface area contributed by atoms with Gasteiger partial charge in [0.2, 0.25) is 0 Å². The van der Waals surface area contributed by atoms with Gasteiger partial charge < -0.3 is 14.0 Å². The number of pyridine rings is 1. The number of fused-ring (bicyclic) bond motifs is 3. The van der Waals surface area contributed by atoms with Gasteiger partial charge in [-0.3, -0.25) is 9.59 Å². The van der Waals surface area contributed by atoms with Crippen LogP contribution < -0.4 is 10.2 Å². The van der Waals surface area contributed by atoms with Gasteiger partial charge in [-0.05, 0) is 42.0 Å². The molecule has 160 valence electrons. The van der Waals surface area contributed by atoms with Crippen LogP contribution in [0.4, 0.5) is 0 Å². The Bertz CT molecular complexity index is 1010. The second kappa shape index (κ2) is 9.34. The summed E-state index contributed by atoms with van der Waals surface area (Å²) in [5, 5.41) is 2.44. The third kappa shape index (κ3) is 4.21. The summed E-state index contributed by atoms with van der Waals surface area (Å²) in [6, 6.07) is 5.64. The minimum atomic E-state index is -1.03. The first-order valence-corrected chi connectivity index (χ1v) is 10.3. The summed E-state index contributed by atoms with van der Waals surface area (Å²) < 4.78 is 13.1. The van der Waals surface area contributed by atoms with Crippen LogP contribution in [0.25, 0.3) is 11.3 Å². The molecule has 0 spiro atoms. The van der Waals surface area contributed by atoms with Crippen molar-refractivity contribution in [2.24, 2.45) is 11.1 Å². The van der Waals surface area contributed by atoms with Crippen LogP contribution in [0.2, 0.25) is 0 Å². The monoisotopic (exact) mass is 412 g/mol. The number of benzene rings is 1. The maximum Gasteiger partial charge on any atom is 0.322 e. The van der Waals surface area contributed by atoms with Crippen molar-refractivity contribution >= 4 is 5.91 Å². The van der Waals surface area contributed by atoms with E-state index >= 15 is 0 Å². The Morgan fingerprint density at radius 1 is 1.27 bits per heavy atom. The fraction of sp³-hybridized carbons (Fsp3) is 0.478. The van der Waals surface area contributed by atoms with Crippen molar-refractivity contribution in [3.63, 3.8) is 0 Å². The fourth-order valence-electron chi connectivity index (χ4n) is 4.00. The van der Waals surface area contributed by atoms with Crippen LogP contribution >= 0.6 is 0 Å². The Kier molecular flexibility index (Phi) is 6.82. The zero-order valence-corrected chi connectivity index (χ0v) is 17.9. The number of nitrogens with zero attached hydrogens (tertiary/aromatic N) is 2. The number of aryl methyl sites for hydroxylation is 1. The van der Waals surface area contributed by atoms with Crippen LogP contribution in [0.3, 0.4) is 0 Å². The van der Waals surface area contributed by atoms with Crippen molar-refractivity contribution in [2.45, 2.75) is 46.1 Å². The lowest BCUT2D eigenvalue weighted by atomic mass is 9.86. The Balaban J connectivity index is 2.11. The number of rotatable bonds is 8. The molecule has 0 aliphatic carbocycles. The van der Waals surface area contributed by atoms with Gasteiger partial charge in [0.05, 0.1) is 12.3 Å². The highest BCUT2D eigenvalue weighted by molar-refractivity contribution is 5.94. The van der Waals surface area contributed by atoms with Gasteiger partial charge >= 0.3 is 5.91 Å². The molecule has 0 saturated carbocycles. The number of ether oxygens (including phenoxy) is 2. The van der Waals surface area contributed by atoms with Crippen LogP contribution in [0.15, 0.2) is 34.4 Å². The highest BCUT2D eigenvalue weighted by Crippen LogP contribution is 2.40. The molecule has 0 saturated heterocycles. The van der Waals surface area contributed by atoms with Gasteiger partial charge in [-0.2, -0.15) is 0 Å². The van der Waals surface area contributed by atoms with Crippen LogP contribution in [-0.4, -0.2) is 30.8 Å². The van der Waals surface area contributed by atoms with E-state index in [1.165, 1.54) is 12.3 Å². The van der Waals surface area contributed by atoms with E-state index in [1.54, 1.807) is 7.11 Å². The Morgan fingerprint density at radius 2 is 2.03 bits per heavy atom. The van der Waals surface area contributed by atoms with E-state index in [9.17, 15) is 14.5 Å². The molecule has 0 bridgehead atoms. The van der Waals surface area contributed by atoms with Crippen molar-refractivity contribution in [2.75, 3.05) is 20.3 Å². The number of carbonyl (C=O) groups is 1. The Labute approximate surface area is 176 Å². The van der Waals surface area contributed by atoms with E-state index in [1.807, 2.05) is 4.57 Å². The SMILES string of the molecule is CCc1cc2c(cc1OCCCOC)CC(C(C)C)n1cc(C(=O)N=O)c(=O)cc1-2. The minimum Gasteiger partial charge on any atom is -0.493 e. The third-order valence-electron chi connectivity index (χ3n) is 5.64. The molecule has 7 heteroatoms. The topological polar surface area (TPSA) is 87.0 Å². The number of aromatic nitrogens is 1. The van der Waals surface area contributed by atoms with Crippen LogP contribution in [-0.2, 0) is 17.6 Å². The van der Waals surface area contributed by atoms with Crippen molar-refractivity contribution in [1.82, 2.24) is 4.57 Å². The fourth-order valence-corrected chi connectivity index (χ4v) is 4.00. The zero-order chi connectivity index (χ0) is 21.8. The normalized spacial score (nSPS) is 14.9. The lowest BCUT2D eigenvalue weighted by Crippen LogP contribution is -2.28. The maximum absolute atomic E-state index is 12.5. The highest BCUT2D eigenvalue weighted by Gasteiger charge is 2.29. The van der Waals surface area contributed by atoms with E-state index in [2.05, 4.69) is 38.1 Å². The summed E-state index contributed by atoms with van der Waals surface area (Å²) in [4.78, 5) is 35.1. The average molecular weight is 412 g/mol. The molecule has 1 atom stereocenters. The summed E-state index contributed by atoms with van der Waals surface area (Å²) in [5.74, 6) is 0.0868. The van der Waals surface area contributed by atoms with Crippen molar-refractivity contribution in [3.8, 4) is 17.0 Å². The van der Waals surface area contributed by atoms with Crippen LogP contribution in [0, 0.1) is 10.8 Å². The standard InChI is InChI=1S/C23H28N2O5/c1-5-15-9-17-16(11-22(15)30-8-6-7-29-4)10-19(14(2)3)25-13-18(23(27)24-28)21(26)12-20(17)25/h9,11-14,19H,5-8,10H2,1-4H3. The summed E-state index contributed by atoms with van der Waals surface area (Å²) in [6.45, 7) is 7.48. The molecule has 1 amide bonds. The van der Waals surface area contributed by atoms with Gasteiger partial charge in [-0.1, -0.05) is 20.8 Å². The maximum atomic E-state index is 12.5. The van der Waals surface area contributed by atoms with Gasteiger partial charge in [0.25, 0.3) is 0 Å². The van der Waals surface area contributed by atoms with Crippen LogP contribution in [0.5, 0.6) is 5.75 Å². The molecule has 0 fully saturated rings. The number of carbonyl (C=O) groups excluding carboxylic acids is 1. The lowest BCUT2D eigenvalue weighted by Gasteiger charge is -2.34. The van der Waals surface area contributed by atoms with E-state index in [4.69, 9.17) is 9.47 Å². The summed E-state index contributed by atoms with van der Waals surface area (Å²) in [7, 11) is 1.67. The van der Waals surface area contributed by atoms with Crippen LogP contribution in [0.1, 0.15) is 54.7 Å². The molecule has 3 rings (SSSR count). The van der Waals surface area contributed by atoms with E-state index in [0.29, 0.717) is 13.2 Å². The van der Waals surface area contributed by atoms with Crippen molar-refractivity contribution in [1.29, 1.82) is 0 Å². The molecule has 1 unspecified atom stereocenters. The average Bonchev–Trinajstić information content (AvgIpc) is 2.74. The first kappa shape index (κ1) is 21.9. The Morgan fingerprint density at radius 3 is 2.67 bits per heavy atom. The molecule has 2 heterocycles. The number of amides is 1. The zero-order valence-electron chi connectivity index (χ0n) is 17.9. The van der Waals surface area contributed by atoms with E-state index in [-0.39, 0.29) is 17.5 Å². The van der Waals surface area contributed by atoms with Gasteiger partial charge in [0.15, 0.2) is 5.43 Å². The van der Waals surface area contributed by atoms with Gasteiger partial charge in [0, 0.05) is 49.2 Å². The lowest BCUT2D eigenvalue weighted by molar-refractivity contribution is 0.0998. The van der Waals surface area contributed by atoms with Gasteiger partial charge in [0.1, 0.15) is 11.3 Å². The number of hydrogen-bond donors (Lipinski definition) is 0. The predicted octanol–water partition coefficient (Wildman–Crippen LogP) is 4.15. The van der Waals surface area contributed by atoms with Crippen molar-refractivity contribution < 1.29 is 14.3 Å². The molecule has 1 aromatic heterocycles. The number of hydrogen-bond acceptors (Lipinski definition) is 5. The molecular weight excluding hydrogens is 384 g/mol. The quantitative estimate of drug-likeness (QED) is 0.480. The molecule has 1 aromatic carbocycles. The van der Waals surface area contributed by atoms with Gasteiger partial charge in [-0.25, -0.2) is 0 Å². The number of methoxy groups -OCH3 is 1. The second-order valence-electron chi connectivity index (χ2n) is 7.92. The molecule has 2 aromatic rings. The first-order chi connectivity index (χ1) is 14.4. The van der Waals surface area contributed by atoms with E-state index < -0.39 is 11.3 Å². The van der Waals surface area contributed by atoms with Gasteiger partial charge in [-0.15, -0.1) is 4.91 Å². The molecule has 0 N–H and O–H groups in total. The minimum absolute atomic E-state index is 0.0418. The molecule has 1 aliphatic heterocycles. The molecule has 0 radical (unpaired) electrons. The highest BCUT2D eigenvalue weighted by atomic mass is 16.5. The Hall–Kier alpha value is -2.80. The van der Waals surface area contributed by atoms with Crippen molar-refractivity contribution in [3.05, 3.63) is 56.2 Å². The molecule has 1 aliphatic rings. The molecule has 7 nitrogen and oxygen atoms in total. The largest absolute Gasteiger partial charge is 0.493 e. The third-order valence-corrected chi connectivity index (χ3v) is 5.64. The summed E-state index contributed by atoms with van der Waals surface area (Å²) >= 11 is 0. The molecular formula is C23H28N2O5.